The number of hydrogen-bond donors (Lipinski definition) is 3. The first-order chi connectivity index (χ1) is 13.7. The summed E-state index contributed by atoms with van der Waals surface area (Å²) in [6.07, 6.45) is 0. The molecule has 3 N–H and O–H groups in total. The standard InChI is InChI=1S/C18H15BrN4O4S2/c1-11-10-16(22-27-11)23-29(25,26)13-8-6-12(7-9-13)20-18(28)21-17(24)14-4-2-3-5-15(14)19/h2-10H,1H3,(H,22,23)(H2,20,21,24,28). The molecule has 29 heavy (non-hydrogen) atoms. The molecular weight excluding hydrogens is 480 g/mol. The molecule has 11 heteroatoms. The van der Waals surface area contributed by atoms with E-state index in [9.17, 15) is 13.2 Å². The van der Waals surface area contributed by atoms with Crippen molar-refractivity contribution in [1.29, 1.82) is 0 Å². The summed E-state index contributed by atoms with van der Waals surface area (Å²) in [5.74, 6) is 0.210. The first-order valence-electron chi connectivity index (χ1n) is 8.18. The van der Waals surface area contributed by atoms with Crippen LogP contribution in [0, 0.1) is 6.92 Å². The molecule has 3 aromatic rings. The average molecular weight is 495 g/mol. The number of carbonyl (C=O) groups excluding carboxylic acids is 1. The second-order valence-electron chi connectivity index (χ2n) is 5.84. The van der Waals surface area contributed by atoms with E-state index in [0.717, 1.165) is 0 Å². The van der Waals surface area contributed by atoms with Crippen molar-refractivity contribution in [3.63, 3.8) is 0 Å². The highest BCUT2D eigenvalue weighted by atomic mass is 79.9. The van der Waals surface area contributed by atoms with E-state index >= 15 is 0 Å². The molecule has 0 spiro atoms. The predicted molar refractivity (Wildman–Crippen MR) is 116 cm³/mol. The van der Waals surface area contributed by atoms with Gasteiger partial charge >= 0.3 is 0 Å². The number of sulfonamides is 1. The lowest BCUT2D eigenvalue weighted by Crippen LogP contribution is -2.34. The van der Waals surface area contributed by atoms with Crippen LogP contribution < -0.4 is 15.4 Å². The first kappa shape index (κ1) is 21.0. The molecule has 0 radical (unpaired) electrons. The van der Waals surface area contributed by atoms with E-state index in [1.165, 1.54) is 30.3 Å². The first-order valence-corrected chi connectivity index (χ1v) is 10.9. The summed E-state index contributed by atoms with van der Waals surface area (Å²) in [4.78, 5) is 12.3. The Morgan fingerprint density at radius 1 is 1.14 bits per heavy atom. The number of amides is 1. The van der Waals surface area contributed by atoms with Crippen molar-refractivity contribution in [2.75, 3.05) is 10.0 Å². The summed E-state index contributed by atoms with van der Waals surface area (Å²) in [6.45, 7) is 1.66. The number of thiocarbonyl (C=S) groups is 1. The molecule has 3 rings (SSSR count). The molecule has 0 unspecified atom stereocenters. The van der Waals surface area contributed by atoms with E-state index in [2.05, 4.69) is 36.4 Å². The van der Waals surface area contributed by atoms with Crippen LogP contribution in [0.5, 0.6) is 0 Å². The van der Waals surface area contributed by atoms with Gasteiger partial charge in [0.05, 0.1) is 10.5 Å². The fourth-order valence-electron chi connectivity index (χ4n) is 2.31. The molecule has 1 heterocycles. The maximum absolute atomic E-state index is 12.4. The van der Waals surface area contributed by atoms with E-state index in [-0.39, 0.29) is 21.7 Å². The van der Waals surface area contributed by atoms with Gasteiger partial charge < -0.3 is 9.84 Å². The molecule has 150 valence electrons. The van der Waals surface area contributed by atoms with Gasteiger partial charge in [0.1, 0.15) is 5.76 Å². The Balaban J connectivity index is 1.63. The molecule has 0 aliphatic carbocycles. The minimum atomic E-state index is -3.81. The third kappa shape index (κ3) is 5.40. The third-order valence-electron chi connectivity index (χ3n) is 3.63. The highest BCUT2D eigenvalue weighted by molar-refractivity contribution is 9.10. The summed E-state index contributed by atoms with van der Waals surface area (Å²) in [6, 6.07) is 14.3. The van der Waals surface area contributed by atoms with Gasteiger partial charge in [0.25, 0.3) is 15.9 Å². The maximum atomic E-state index is 12.4. The number of halogens is 1. The summed E-state index contributed by atoms with van der Waals surface area (Å²) in [5.41, 5.74) is 0.950. The van der Waals surface area contributed by atoms with Crippen LogP contribution in [0.25, 0.3) is 0 Å². The van der Waals surface area contributed by atoms with Gasteiger partial charge in [0.2, 0.25) is 0 Å². The molecule has 0 saturated heterocycles. The van der Waals surface area contributed by atoms with E-state index in [1.807, 2.05) is 0 Å². The molecule has 0 aliphatic rings. The number of nitrogens with one attached hydrogen (secondary N) is 3. The molecule has 2 aromatic carbocycles. The Hall–Kier alpha value is -2.76. The van der Waals surface area contributed by atoms with Gasteiger partial charge in [-0.05, 0) is 71.5 Å². The van der Waals surface area contributed by atoms with Gasteiger partial charge in [0, 0.05) is 16.2 Å². The maximum Gasteiger partial charge on any atom is 0.263 e. The van der Waals surface area contributed by atoms with Crippen LogP contribution in [0.15, 0.2) is 68.5 Å². The van der Waals surface area contributed by atoms with Crippen molar-refractivity contribution in [2.45, 2.75) is 11.8 Å². The second-order valence-corrected chi connectivity index (χ2v) is 8.79. The minimum absolute atomic E-state index is 0.0341. The zero-order valence-corrected chi connectivity index (χ0v) is 18.2. The summed E-state index contributed by atoms with van der Waals surface area (Å²) in [5, 5.41) is 9.09. The number of rotatable bonds is 5. The van der Waals surface area contributed by atoms with Crippen LogP contribution in [0.4, 0.5) is 11.5 Å². The monoisotopic (exact) mass is 494 g/mol. The Morgan fingerprint density at radius 2 is 1.83 bits per heavy atom. The molecular formula is C18H15BrN4O4S2. The van der Waals surface area contributed by atoms with Crippen LogP contribution in [0.3, 0.4) is 0 Å². The highest BCUT2D eigenvalue weighted by Crippen LogP contribution is 2.19. The van der Waals surface area contributed by atoms with Crippen molar-refractivity contribution < 1.29 is 17.7 Å². The minimum Gasteiger partial charge on any atom is -0.360 e. The van der Waals surface area contributed by atoms with Gasteiger partial charge in [-0.15, -0.1) is 0 Å². The Kier molecular flexibility index (Phi) is 6.30. The van der Waals surface area contributed by atoms with E-state index in [0.29, 0.717) is 21.5 Å². The highest BCUT2D eigenvalue weighted by Gasteiger charge is 2.16. The summed E-state index contributed by atoms with van der Waals surface area (Å²) >= 11 is 8.45. The number of anilines is 2. The lowest BCUT2D eigenvalue weighted by atomic mass is 10.2. The predicted octanol–water partition coefficient (Wildman–Crippen LogP) is 3.67. The third-order valence-corrected chi connectivity index (χ3v) is 5.90. The molecule has 0 bridgehead atoms. The number of aromatic nitrogens is 1. The topological polar surface area (TPSA) is 113 Å². The molecule has 0 fully saturated rings. The lowest BCUT2D eigenvalue weighted by Gasteiger charge is -2.11. The van der Waals surface area contributed by atoms with E-state index < -0.39 is 10.0 Å². The Bertz CT molecular complexity index is 1160. The quantitative estimate of drug-likeness (QED) is 0.463. The van der Waals surface area contributed by atoms with Crippen LogP contribution in [-0.2, 0) is 10.0 Å². The van der Waals surface area contributed by atoms with E-state index in [1.54, 1.807) is 31.2 Å². The second kappa shape index (κ2) is 8.72. The van der Waals surface area contributed by atoms with Gasteiger partial charge in [-0.2, -0.15) is 0 Å². The summed E-state index contributed by atoms with van der Waals surface area (Å²) in [7, 11) is -3.81. The van der Waals surface area contributed by atoms with Crippen LogP contribution >= 0.6 is 28.1 Å². The molecule has 1 aromatic heterocycles. The number of aryl methyl sites for hydroxylation is 1. The normalized spacial score (nSPS) is 11.0. The van der Waals surface area contributed by atoms with Crippen molar-refractivity contribution in [2.24, 2.45) is 0 Å². The SMILES string of the molecule is Cc1cc(NS(=O)(=O)c2ccc(NC(=S)NC(=O)c3ccccc3Br)cc2)no1. The molecule has 1 amide bonds. The number of hydrogen-bond acceptors (Lipinski definition) is 6. The molecule has 8 nitrogen and oxygen atoms in total. The zero-order valence-electron chi connectivity index (χ0n) is 15.0. The van der Waals surface area contributed by atoms with Crippen molar-refractivity contribution in [3.05, 3.63) is 70.4 Å². The lowest BCUT2D eigenvalue weighted by molar-refractivity contribution is 0.0977. The van der Waals surface area contributed by atoms with Crippen LogP contribution in [-0.4, -0.2) is 24.6 Å². The smallest absolute Gasteiger partial charge is 0.263 e. The van der Waals surface area contributed by atoms with Crippen molar-refractivity contribution in [3.8, 4) is 0 Å². The fraction of sp³-hybridized carbons (Fsp3) is 0.0556. The van der Waals surface area contributed by atoms with E-state index in [4.69, 9.17) is 16.7 Å². The molecule has 0 atom stereocenters. The zero-order chi connectivity index (χ0) is 21.0. The molecule has 0 aliphatic heterocycles. The summed E-state index contributed by atoms with van der Waals surface area (Å²) < 4.78 is 32.6. The fourth-order valence-corrected chi connectivity index (χ4v) is 3.97. The number of carbonyl (C=O) groups is 1. The Morgan fingerprint density at radius 3 is 2.45 bits per heavy atom. The number of benzene rings is 2. The Labute approximate surface area is 180 Å². The van der Waals surface area contributed by atoms with Gasteiger partial charge in [0.15, 0.2) is 10.9 Å². The van der Waals surface area contributed by atoms with Crippen molar-refractivity contribution in [1.82, 2.24) is 10.5 Å². The number of nitrogens with zero attached hydrogens (tertiary/aromatic N) is 1. The van der Waals surface area contributed by atoms with Gasteiger partial charge in [-0.1, -0.05) is 17.3 Å². The van der Waals surface area contributed by atoms with Gasteiger partial charge in [-0.25, -0.2) is 8.42 Å². The van der Waals surface area contributed by atoms with Crippen molar-refractivity contribution >= 4 is 60.7 Å². The average Bonchev–Trinajstić information content (AvgIpc) is 3.06. The van der Waals surface area contributed by atoms with Gasteiger partial charge in [-0.3, -0.25) is 14.8 Å². The molecule has 0 saturated carbocycles. The van der Waals surface area contributed by atoms with Crippen LogP contribution in [0.1, 0.15) is 16.1 Å². The van der Waals surface area contributed by atoms with Crippen LogP contribution in [0.2, 0.25) is 0 Å². The largest absolute Gasteiger partial charge is 0.360 e.